The van der Waals surface area contributed by atoms with Crippen molar-refractivity contribution >= 4 is 21.4 Å². The van der Waals surface area contributed by atoms with Crippen molar-refractivity contribution in [1.82, 2.24) is 5.43 Å². The van der Waals surface area contributed by atoms with Crippen LogP contribution in [0.4, 0.5) is 0 Å². The van der Waals surface area contributed by atoms with Gasteiger partial charge >= 0.3 is 0 Å². The average molecular weight is 304 g/mol. The predicted octanol–water partition coefficient (Wildman–Crippen LogP) is 4.00. The Labute approximate surface area is 130 Å². The SMILES string of the molecule is COC1(C(NN)c2cccc3ccsc23)CCCC(C)C1. The first-order valence-corrected chi connectivity index (χ1v) is 8.55. The number of nitrogens with two attached hydrogens (primary N) is 1. The van der Waals surface area contributed by atoms with Gasteiger partial charge in [0.1, 0.15) is 0 Å². The van der Waals surface area contributed by atoms with Crippen LogP contribution in [-0.2, 0) is 4.74 Å². The summed E-state index contributed by atoms with van der Waals surface area (Å²) in [6.45, 7) is 2.31. The lowest BCUT2D eigenvalue weighted by Gasteiger charge is -2.44. The van der Waals surface area contributed by atoms with Crippen LogP contribution in [0.5, 0.6) is 0 Å². The first-order chi connectivity index (χ1) is 10.2. The molecular weight excluding hydrogens is 280 g/mol. The summed E-state index contributed by atoms with van der Waals surface area (Å²) in [5.41, 5.74) is 4.13. The molecule has 2 aromatic rings. The lowest BCUT2D eigenvalue weighted by Crippen LogP contribution is -2.50. The fourth-order valence-corrected chi connectivity index (χ4v) is 4.82. The number of nitrogens with one attached hydrogen (secondary N) is 1. The van der Waals surface area contributed by atoms with Crippen molar-refractivity contribution in [2.45, 2.75) is 44.2 Å². The second kappa shape index (κ2) is 6.05. The van der Waals surface area contributed by atoms with E-state index in [0.717, 1.165) is 12.8 Å². The third-order valence-electron chi connectivity index (χ3n) is 4.91. The molecular formula is C17H24N2OS. The minimum absolute atomic E-state index is 0.0348. The van der Waals surface area contributed by atoms with Crippen LogP contribution in [0.2, 0.25) is 0 Å². The topological polar surface area (TPSA) is 47.3 Å². The van der Waals surface area contributed by atoms with Crippen molar-refractivity contribution in [3.63, 3.8) is 0 Å². The van der Waals surface area contributed by atoms with Gasteiger partial charge in [-0.3, -0.25) is 11.3 Å². The molecule has 1 aromatic heterocycles. The molecule has 1 aromatic carbocycles. The number of methoxy groups -OCH3 is 1. The minimum Gasteiger partial charge on any atom is -0.376 e. The summed E-state index contributed by atoms with van der Waals surface area (Å²) in [7, 11) is 1.83. The molecule has 1 saturated carbocycles. The summed E-state index contributed by atoms with van der Waals surface area (Å²) in [5, 5.41) is 3.43. The molecule has 4 heteroatoms. The lowest BCUT2D eigenvalue weighted by atomic mass is 9.73. The largest absolute Gasteiger partial charge is 0.376 e. The molecule has 114 valence electrons. The van der Waals surface area contributed by atoms with E-state index in [2.05, 4.69) is 42.0 Å². The van der Waals surface area contributed by atoms with Gasteiger partial charge in [0, 0.05) is 11.8 Å². The normalized spacial score (nSPS) is 27.9. The predicted molar refractivity (Wildman–Crippen MR) is 89.3 cm³/mol. The second-order valence-corrected chi connectivity index (χ2v) is 7.17. The van der Waals surface area contributed by atoms with Crippen molar-refractivity contribution in [2.75, 3.05) is 7.11 Å². The Kier molecular flexibility index (Phi) is 4.31. The van der Waals surface area contributed by atoms with Crippen molar-refractivity contribution in [3.05, 3.63) is 35.2 Å². The number of thiophene rings is 1. The highest BCUT2D eigenvalue weighted by Crippen LogP contribution is 2.45. The Morgan fingerprint density at radius 2 is 2.29 bits per heavy atom. The number of benzene rings is 1. The molecule has 0 amide bonds. The number of ether oxygens (including phenoxy) is 1. The maximum absolute atomic E-state index is 6.04. The van der Waals surface area contributed by atoms with E-state index in [9.17, 15) is 0 Å². The summed E-state index contributed by atoms with van der Waals surface area (Å²) in [6.07, 6.45) is 4.60. The number of fused-ring (bicyclic) bond motifs is 1. The molecule has 0 bridgehead atoms. The van der Waals surface area contributed by atoms with Gasteiger partial charge in [-0.25, -0.2) is 0 Å². The highest BCUT2D eigenvalue weighted by molar-refractivity contribution is 7.17. The average Bonchev–Trinajstić information content (AvgIpc) is 2.97. The van der Waals surface area contributed by atoms with Crippen LogP contribution >= 0.6 is 11.3 Å². The van der Waals surface area contributed by atoms with E-state index in [1.54, 1.807) is 11.3 Å². The Morgan fingerprint density at radius 3 is 3.00 bits per heavy atom. The number of hydrazine groups is 1. The molecule has 3 atom stereocenters. The van der Waals surface area contributed by atoms with E-state index in [-0.39, 0.29) is 11.6 Å². The molecule has 1 aliphatic carbocycles. The third-order valence-corrected chi connectivity index (χ3v) is 5.89. The highest BCUT2D eigenvalue weighted by atomic mass is 32.1. The van der Waals surface area contributed by atoms with Crippen LogP contribution < -0.4 is 11.3 Å². The van der Waals surface area contributed by atoms with Gasteiger partial charge in [0.2, 0.25) is 0 Å². The zero-order chi connectivity index (χ0) is 14.9. The number of rotatable bonds is 4. The van der Waals surface area contributed by atoms with E-state index in [1.807, 2.05) is 7.11 Å². The zero-order valence-corrected chi connectivity index (χ0v) is 13.6. The van der Waals surface area contributed by atoms with E-state index >= 15 is 0 Å². The van der Waals surface area contributed by atoms with Crippen LogP contribution in [0.15, 0.2) is 29.6 Å². The van der Waals surface area contributed by atoms with Crippen LogP contribution in [0.1, 0.15) is 44.2 Å². The second-order valence-electron chi connectivity index (χ2n) is 6.26. The number of hydrogen-bond donors (Lipinski definition) is 2. The fourth-order valence-electron chi connectivity index (χ4n) is 3.88. The van der Waals surface area contributed by atoms with Gasteiger partial charge in [-0.15, -0.1) is 11.3 Å². The lowest BCUT2D eigenvalue weighted by molar-refractivity contribution is -0.0802. The van der Waals surface area contributed by atoms with Gasteiger partial charge < -0.3 is 4.74 Å². The summed E-state index contributed by atoms with van der Waals surface area (Å²) in [6, 6.07) is 8.66. The molecule has 21 heavy (non-hydrogen) atoms. The molecule has 0 radical (unpaired) electrons. The van der Waals surface area contributed by atoms with Gasteiger partial charge in [0.15, 0.2) is 0 Å². The first-order valence-electron chi connectivity index (χ1n) is 7.67. The van der Waals surface area contributed by atoms with E-state index < -0.39 is 0 Å². The maximum Gasteiger partial charge on any atom is 0.0888 e. The third kappa shape index (κ3) is 2.61. The van der Waals surface area contributed by atoms with Crippen LogP contribution in [-0.4, -0.2) is 12.7 Å². The monoisotopic (exact) mass is 304 g/mol. The van der Waals surface area contributed by atoms with Crippen molar-refractivity contribution in [2.24, 2.45) is 11.8 Å². The molecule has 3 rings (SSSR count). The van der Waals surface area contributed by atoms with Crippen LogP contribution in [0.25, 0.3) is 10.1 Å². The molecule has 3 nitrogen and oxygen atoms in total. The summed E-state index contributed by atoms with van der Waals surface area (Å²) >= 11 is 1.78. The van der Waals surface area contributed by atoms with Crippen LogP contribution in [0.3, 0.4) is 0 Å². The molecule has 1 aliphatic rings. The summed E-state index contributed by atoms with van der Waals surface area (Å²) in [4.78, 5) is 0. The van der Waals surface area contributed by atoms with Gasteiger partial charge in [0.05, 0.1) is 11.6 Å². The van der Waals surface area contributed by atoms with Gasteiger partial charge in [0.25, 0.3) is 0 Å². The highest BCUT2D eigenvalue weighted by Gasteiger charge is 2.43. The first kappa shape index (κ1) is 15.0. The molecule has 3 N–H and O–H groups in total. The maximum atomic E-state index is 6.04. The Morgan fingerprint density at radius 1 is 1.43 bits per heavy atom. The number of hydrogen-bond acceptors (Lipinski definition) is 4. The van der Waals surface area contributed by atoms with Crippen molar-refractivity contribution in [3.8, 4) is 0 Å². The molecule has 1 fully saturated rings. The van der Waals surface area contributed by atoms with E-state index in [1.165, 1.54) is 28.5 Å². The van der Waals surface area contributed by atoms with E-state index in [0.29, 0.717) is 5.92 Å². The smallest absolute Gasteiger partial charge is 0.0888 e. The standard InChI is InChI=1S/C17H24N2OS/c1-12-5-4-9-17(11-12,20-2)16(19-18)14-7-3-6-13-8-10-21-15(13)14/h3,6-8,10,12,16,19H,4-5,9,11,18H2,1-2H3. The minimum atomic E-state index is -0.204. The van der Waals surface area contributed by atoms with Crippen molar-refractivity contribution in [1.29, 1.82) is 0 Å². The molecule has 0 aliphatic heterocycles. The van der Waals surface area contributed by atoms with Crippen molar-refractivity contribution < 1.29 is 4.74 Å². The van der Waals surface area contributed by atoms with Gasteiger partial charge in [-0.2, -0.15) is 0 Å². The molecule has 1 heterocycles. The Bertz CT molecular complexity index is 612. The molecule has 0 saturated heterocycles. The van der Waals surface area contributed by atoms with Gasteiger partial charge in [-0.05, 0) is 41.2 Å². The van der Waals surface area contributed by atoms with E-state index in [4.69, 9.17) is 10.6 Å². The van der Waals surface area contributed by atoms with Crippen LogP contribution in [0, 0.1) is 5.92 Å². The quantitative estimate of drug-likeness (QED) is 0.663. The van der Waals surface area contributed by atoms with Gasteiger partial charge in [-0.1, -0.05) is 38.0 Å². The fraction of sp³-hybridized carbons (Fsp3) is 0.529. The molecule has 0 spiro atoms. The Hall–Kier alpha value is -0.940. The summed E-state index contributed by atoms with van der Waals surface area (Å²) < 4.78 is 7.36. The Balaban J connectivity index is 2.06. The summed E-state index contributed by atoms with van der Waals surface area (Å²) in [5.74, 6) is 6.65. The zero-order valence-electron chi connectivity index (χ0n) is 12.8. The molecule has 3 unspecified atom stereocenters.